The molecule has 0 aromatic rings. The number of esters is 1. The van der Waals surface area contributed by atoms with Crippen molar-refractivity contribution in [2.45, 2.75) is 37.9 Å². The maximum absolute atomic E-state index is 11.3. The molecule has 0 radical (unpaired) electrons. The SMILES string of the molecule is CCCCC(Br)C(=O)OCCOCC. The zero-order chi connectivity index (χ0) is 10.8. The Balaban J connectivity index is 3.42. The highest BCUT2D eigenvalue weighted by Crippen LogP contribution is 2.11. The summed E-state index contributed by atoms with van der Waals surface area (Å²) < 4.78 is 10.0. The van der Waals surface area contributed by atoms with Crippen molar-refractivity contribution in [2.24, 2.45) is 0 Å². The van der Waals surface area contributed by atoms with Crippen molar-refractivity contribution in [3.63, 3.8) is 0 Å². The Bertz CT molecular complexity index is 150. The lowest BCUT2D eigenvalue weighted by Gasteiger charge is -2.09. The molecule has 4 heteroatoms. The topological polar surface area (TPSA) is 35.5 Å². The summed E-state index contributed by atoms with van der Waals surface area (Å²) in [5.41, 5.74) is 0. The second-order valence-corrected chi connectivity index (χ2v) is 4.08. The molecule has 3 nitrogen and oxygen atoms in total. The van der Waals surface area contributed by atoms with Crippen LogP contribution < -0.4 is 0 Å². The number of carbonyl (C=O) groups is 1. The Kier molecular flexibility index (Phi) is 9.40. The summed E-state index contributed by atoms with van der Waals surface area (Å²) in [7, 11) is 0. The van der Waals surface area contributed by atoms with Crippen LogP contribution in [0.1, 0.15) is 33.1 Å². The van der Waals surface area contributed by atoms with Crippen LogP contribution in [0.15, 0.2) is 0 Å². The molecule has 0 saturated heterocycles. The van der Waals surface area contributed by atoms with Gasteiger partial charge in [-0.05, 0) is 13.3 Å². The Hall–Kier alpha value is -0.0900. The van der Waals surface area contributed by atoms with Crippen LogP contribution >= 0.6 is 15.9 Å². The van der Waals surface area contributed by atoms with Gasteiger partial charge in [-0.2, -0.15) is 0 Å². The number of ether oxygens (including phenoxy) is 2. The summed E-state index contributed by atoms with van der Waals surface area (Å²) in [6.07, 6.45) is 2.97. The molecule has 0 aliphatic rings. The predicted octanol–water partition coefficient (Wildman–Crippen LogP) is 2.52. The minimum atomic E-state index is -0.182. The second-order valence-electron chi connectivity index (χ2n) is 2.97. The van der Waals surface area contributed by atoms with E-state index < -0.39 is 0 Å². The molecule has 0 N–H and O–H groups in total. The van der Waals surface area contributed by atoms with Crippen LogP contribution in [0.25, 0.3) is 0 Å². The minimum absolute atomic E-state index is 0.163. The van der Waals surface area contributed by atoms with Gasteiger partial charge in [-0.1, -0.05) is 35.7 Å². The van der Waals surface area contributed by atoms with Crippen molar-refractivity contribution >= 4 is 21.9 Å². The Labute approximate surface area is 94.3 Å². The van der Waals surface area contributed by atoms with Crippen molar-refractivity contribution in [3.8, 4) is 0 Å². The van der Waals surface area contributed by atoms with E-state index in [-0.39, 0.29) is 10.8 Å². The standard InChI is InChI=1S/C10H19BrO3/c1-3-5-6-9(11)10(12)14-8-7-13-4-2/h9H,3-8H2,1-2H3. The molecule has 0 aromatic carbocycles. The van der Waals surface area contributed by atoms with Crippen LogP contribution in [-0.2, 0) is 14.3 Å². The average Bonchev–Trinajstić information content (AvgIpc) is 2.20. The molecule has 0 fully saturated rings. The first-order valence-corrected chi connectivity index (χ1v) is 6.02. The Morgan fingerprint density at radius 1 is 1.36 bits per heavy atom. The summed E-state index contributed by atoms with van der Waals surface area (Å²) in [6.45, 7) is 5.50. The molecule has 0 aliphatic carbocycles. The first kappa shape index (κ1) is 13.9. The first-order chi connectivity index (χ1) is 6.72. The molecule has 84 valence electrons. The Morgan fingerprint density at radius 3 is 2.64 bits per heavy atom. The summed E-state index contributed by atoms with van der Waals surface area (Å²) in [5.74, 6) is -0.182. The molecule has 0 aromatic heterocycles. The normalized spacial score (nSPS) is 12.5. The van der Waals surface area contributed by atoms with E-state index in [1.807, 2.05) is 6.92 Å². The van der Waals surface area contributed by atoms with Crippen LogP contribution in [0.2, 0.25) is 0 Å². The number of carbonyl (C=O) groups excluding carboxylic acids is 1. The number of rotatable bonds is 8. The van der Waals surface area contributed by atoms with E-state index >= 15 is 0 Å². The molecule has 0 aliphatic heterocycles. The van der Waals surface area contributed by atoms with E-state index in [4.69, 9.17) is 9.47 Å². The molecule has 0 bridgehead atoms. The molecule has 0 saturated carbocycles. The molecule has 1 atom stereocenters. The van der Waals surface area contributed by atoms with Gasteiger partial charge < -0.3 is 9.47 Å². The maximum Gasteiger partial charge on any atom is 0.319 e. The molecule has 1 unspecified atom stereocenters. The van der Waals surface area contributed by atoms with Gasteiger partial charge >= 0.3 is 5.97 Å². The van der Waals surface area contributed by atoms with E-state index in [0.29, 0.717) is 19.8 Å². The van der Waals surface area contributed by atoms with Gasteiger partial charge in [0.15, 0.2) is 0 Å². The van der Waals surface area contributed by atoms with Crippen molar-refractivity contribution in [3.05, 3.63) is 0 Å². The summed E-state index contributed by atoms with van der Waals surface area (Å²) in [5, 5.41) is 0. The van der Waals surface area contributed by atoms with Gasteiger partial charge in [0.1, 0.15) is 11.4 Å². The fourth-order valence-corrected chi connectivity index (χ4v) is 1.39. The van der Waals surface area contributed by atoms with E-state index in [1.165, 1.54) is 0 Å². The smallest absolute Gasteiger partial charge is 0.319 e. The van der Waals surface area contributed by atoms with Crippen LogP contribution in [0.4, 0.5) is 0 Å². The number of hydrogen-bond acceptors (Lipinski definition) is 3. The van der Waals surface area contributed by atoms with Crippen LogP contribution in [-0.4, -0.2) is 30.6 Å². The van der Waals surface area contributed by atoms with Crippen molar-refractivity contribution in [1.82, 2.24) is 0 Å². The number of unbranched alkanes of at least 4 members (excludes halogenated alkanes) is 1. The van der Waals surface area contributed by atoms with Gasteiger partial charge in [-0.25, -0.2) is 0 Å². The van der Waals surface area contributed by atoms with Crippen molar-refractivity contribution in [1.29, 1.82) is 0 Å². The molecule has 0 rings (SSSR count). The van der Waals surface area contributed by atoms with E-state index in [2.05, 4.69) is 22.9 Å². The summed E-state index contributed by atoms with van der Waals surface area (Å²) in [4.78, 5) is 11.1. The van der Waals surface area contributed by atoms with Gasteiger partial charge in [-0.3, -0.25) is 4.79 Å². The van der Waals surface area contributed by atoms with Gasteiger partial charge in [0.25, 0.3) is 0 Å². The highest BCUT2D eigenvalue weighted by atomic mass is 79.9. The molecule has 14 heavy (non-hydrogen) atoms. The zero-order valence-electron chi connectivity index (χ0n) is 8.92. The number of halogens is 1. The highest BCUT2D eigenvalue weighted by molar-refractivity contribution is 9.10. The molecule has 0 heterocycles. The molecular formula is C10H19BrO3. The van der Waals surface area contributed by atoms with Gasteiger partial charge in [0.05, 0.1) is 6.61 Å². The third-order valence-electron chi connectivity index (χ3n) is 1.74. The van der Waals surface area contributed by atoms with Crippen LogP contribution in [0, 0.1) is 0 Å². The monoisotopic (exact) mass is 266 g/mol. The lowest BCUT2D eigenvalue weighted by atomic mass is 10.2. The fourth-order valence-electron chi connectivity index (χ4n) is 0.937. The zero-order valence-corrected chi connectivity index (χ0v) is 10.5. The summed E-state index contributed by atoms with van der Waals surface area (Å²) >= 11 is 3.30. The predicted molar refractivity (Wildman–Crippen MR) is 59.7 cm³/mol. The Morgan fingerprint density at radius 2 is 2.07 bits per heavy atom. The van der Waals surface area contributed by atoms with Crippen LogP contribution in [0.5, 0.6) is 0 Å². The van der Waals surface area contributed by atoms with E-state index in [1.54, 1.807) is 0 Å². The molecule has 0 spiro atoms. The lowest BCUT2D eigenvalue weighted by molar-refractivity contribution is -0.144. The van der Waals surface area contributed by atoms with E-state index in [9.17, 15) is 4.79 Å². The number of hydrogen-bond donors (Lipinski definition) is 0. The first-order valence-electron chi connectivity index (χ1n) is 5.10. The number of alkyl halides is 1. The minimum Gasteiger partial charge on any atom is -0.462 e. The third-order valence-corrected chi connectivity index (χ3v) is 2.57. The second kappa shape index (κ2) is 9.46. The lowest BCUT2D eigenvalue weighted by Crippen LogP contribution is -2.19. The average molecular weight is 267 g/mol. The van der Waals surface area contributed by atoms with Crippen molar-refractivity contribution < 1.29 is 14.3 Å². The quantitative estimate of drug-likeness (QED) is 0.385. The van der Waals surface area contributed by atoms with Gasteiger partial charge in [-0.15, -0.1) is 0 Å². The van der Waals surface area contributed by atoms with E-state index in [0.717, 1.165) is 19.3 Å². The van der Waals surface area contributed by atoms with Crippen molar-refractivity contribution in [2.75, 3.05) is 19.8 Å². The molecular weight excluding hydrogens is 248 g/mol. The fraction of sp³-hybridized carbons (Fsp3) is 0.900. The molecule has 0 amide bonds. The maximum atomic E-state index is 11.3. The largest absolute Gasteiger partial charge is 0.462 e. The highest BCUT2D eigenvalue weighted by Gasteiger charge is 2.14. The van der Waals surface area contributed by atoms with Gasteiger partial charge in [0, 0.05) is 6.61 Å². The van der Waals surface area contributed by atoms with Gasteiger partial charge in [0.2, 0.25) is 0 Å². The summed E-state index contributed by atoms with van der Waals surface area (Å²) in [6, 6.07) is 0. The third kappa shape index (κ3) is 7.33. The van der Waals surface area contributed by atoms with Crippen LogP contribution in [0.3, 0.4) is 0 Å².